The van der Waals surface area contributed by atoms with E-state index in [1.807, 2.05) is 31.2 Å². The molecule has 7 heteroatoms. The molecule has 0 amide bonds. The third-order valence-electron chi connectivity index (χ3n) is 3.09. The van der Waals surface area contributed by atoms with Gasteiger partial charge < -0.3 is 10.3 Å². The van der Waals surface area contributed by atoms with Crippen LogP contribution in [0.4, 0.5) is 5.95 Å². The summed E-state index contributed by atoms with van der Waals surface area (Å²) in [6.45, 7) is 3.53. The minimum Gasteiger partial charge on any atom is -0.356 e. The van der Waals surface area contributed by atoms with Crippen molar-refractivity contribution in [3.8, 4) is 0 Å². The molecule has 0 aliphatic rings. The van der Waals surface area contributed by atoms with Gasteiger partial charge in [-0.25, -0.2) is 17.7 Å². The monoisotopic (exact) mass is 296 g/mol. The number of H-pyrrole nitrogens is 1. The molecule has 2 rings (SSSR count). The van der Waals surface area contributed by atoms with Gasteiger partial charge in [-0.05, 0) is 18.6 Å². The smallest absolute Gasteiger partial charge is 0.211 e. The topological polar surface area (TPSA) is 78.1 Å². The van der Waals surface area contributed by atoms with Crippen LogP contribution in [-0.2, 0) is 10.0 Å². The Hall–Kier alpha value is -1.60. The molecule has 0 atom stereocenters. The van der Waals surface area contributed by atoms with Gasteiger partial charge >= 0.3 is 0 Å². The normalized spacial score (nSPS) is 12.2. The Kier molecular flexibility index (Phi) is 4.61. The summed E-state index contributed by atoms with van der Waals surface area (Å²) in [6, 6.07) is 7.81. The number of sulfonamides is 1. The number of imidazole rings is 1. The van der Waals surface area contributed by atoms with E-state index in [0.29, 0.717) is 25.6 Å². The summed E-state index contributed by atoms with van der Waals surface area (Å²) in [5, 5.41) is 3.18. The molecule has 1 aromatic heterocycles. The van der Waals surface area contributed by atoms with Crippen molar-refractivity contribution in [1.82, 2.24) is 14.3 Å². The molecular weight excluding hydrogens is 276 g/mol. The van der Waals surface area contributed by atoms with E-state index in [1.165, 1.54) is 10.6 Å². The Balaban J connectivity index is 1.84. The zero-order valence-corrected chi connectivity index (χ0v) is 12.6. The van der Waals surface area contributed by atoms with Gasteiger partial charge in [0.05, 0.1) is 17.3 Å². The predicted molar refractivity (Wildman–Crippen MR) is 81.3 cm³/mol. The Morgan fingerprint density at radius 2 is 2.10 bits per heavy atom. The summed E-state index contributed by atoms with van der Waals surface area (Å²) in [5.41, 5.74) is 1.91. The number of hydrogen-bond acceptors (Lipinski definition) is 4. The maximum atomic E-state index is 11.4. The number of para-hydroxylation sites is 2. The van der Waals surface area contributed by atoms with Gasteiger partial charge in [-0.15, -0.1) is 0 Å². The molecule has 2 N–H and O–H groups in total. The van der Waals surface area contributed by atoms with E-state index >= 15 is 0 Å². The SMILES string of the molecule is CCN(CCCNc1nc2ccccc2[nH]1)S(C)(=O)=O. The molecule has 0 aliphatic heterocycles. The number of nitrogens with one attached hydrogen (secondary N) is 2. The standard InChI is InChI=1S/C13H20N4O2S/c1-3-17(20(2,18)19)10-6-9-14-13-15-11-7-4-5-8-12(11)16-13/h4-5,7-8H,3,6,9-10H2,1-2H3,(H2,14,15,16). The quantitative estimate of drug-likeness (QED) is 0.762. The highest BCUT2D eigenvalue weighted by Gasteiger charge is 2.13. The molecule has 0 radical (unpaired) electrons. The summed E-state index contributed by atoms with van der Waals surface area (Å²) in [6.07, 6.45) is 1.97. The number of aromatic nitrogens is 2. The van der Waals surface area contributed by atoms with Crippen molar-refractivity contribution in [2.45, 2.75) is 13.3 Å². The highest BCUT2D eigenvalue weighted by atomic mass is 32.2. The highest BCUT2D eigenvalue weighted by Crippen LogP contribution is 2.13. The third-order valence-corrected chi connectivity index (χ3v) is 4.47. The molecule has 0 spiro atoms. The van der Waals surface area contributed by atoms with Crippen LogP contribution in [0.15, 0.2) is 24.3 Å². The van der Waals surface area contributed by atoms with Crippen LogP contribution >= 0.6 is 0 Å². The molecular formula is C13H20N4O2S. The molecule has 0 aliphatic carbocycles. The first-order valence-corrected chi connectivity index (χ1v) is 8.49. The first-order chi connectivity index (χ1) is 9.50. The fourth-order valence-electron chi connectivity index (χ4n) is 2.06. The van der Waals surface area contributed by atoms with Gasteiger partial charge in [-0.3, -0.25) is 0 Å². The van der Waals surface area contributed by atoms with E-state index in [0.717, 1.165) is 17.5 Å². The van der Waals surface area contributed by atoms with Gasteiger partial charge in [0.25, 0.3) is 0 Å². The van der Waals surface area contributed by atoms with Crippen molar-refractivity contribution in [2.75, 3.05) is 31.2 Å². The molecule has 2 aromatic rings. The van der Waals surface area contributed by atoms with Crippen molar-refractivity contribution in [3.63, 3.8) is 0 Å². The van der Waals surface area contributed by atoms with E-state index in [1.54, 1.807) is 0 Å². The van der Waals surface area contributed by atoms with E-state index in [9.17, 15) is 8.42 Å². The van der Waals surface area contributed by atoms with Gasteiger partial charge in [0.15, 0.2) is 0 Å². The fraction of sp³-hybridized carbons (Fsp3) is 0.462. The van der Waals surface area contributed by atoms with Crippen LogP contribution in [0.5, 0.6) is 0 Å². The molecule has 6 nitrogen and oxygen atoms in total. The van der Waals surface area contributed by atoms with E-state index < -0.39 is 10.0 Å². The molecule has 0 unspecified atom stereocenters. The van der Waals surface area contributed by atoms with Crippen molar-refractivity contribution >= 4 is 27.0 Å². The van der Waals surface area contributed by atoms with Crippen molar-refractivity contribution in [2.24, 2.45) is 0 Å². The van der Waals surface area contributed by atoms with Crippen LogP contribution in [0.25, 0.3) is 11.0 Å². The summed E-state index contributed by atoms with van der Waals surface area (Å²) in [4.78, 5) is 7.57. The number of hydrogen-bond donors (Lipinski definition) is 2. The zero-order valence-electron chi connectivity index (χ0n) is 11.8. The lowest BCUT2D eigenvalue weighted by atomic mass is 10.3. The summed E-state index contributed by atoms with van der Waals surface area (Å²) in [7, 11) is -3.10. The van der Waals surface area contributed by atoms with Gasteiger partial charge in [-0.1, -0.05) is 19.1 Å². The van der Waals surface area contributed by atoms with Crippen molar-refractivity contribution in [1.29, 1.82) is 0 Å². The number of fused-ring (bicyclic) bond motifs is 1. The summed E-state index contributed by atoms with van der Waals surface area (Å²) >= 11 is 0. The van der Waals surface area contributed by atoms with Gasteiger partial charge in [0.2, 0.25) is 16.0 Å². The third kappa shape index (κ3) is 3.71. The minimum atomic E-state index is -3.10. The van der Waals surface area contributed by atoms with Crippen molar-refractivity contribution < 1.29 is 8.42 Å². The maximum Gasteiger partial charge on any atom is 0.211 e. The number of anilines is 1. The second-order valence-electron chi connectivity index (χ2n) is 4.64. The number of nitrogens with zero attached hydrogens (tertiary/aromatic N) is 2. The molecule has 0 bridgehead atoms. The lowest BCUT2D eigenvalue weighted by Crippen LogP contribution is -2.31. The van der Waals surface area contributed by atoms with Crippen LogP contribution < -0.4 is 5.32 Å². The van der Waals surface area contributed by atoms with Gasteiger partial charge in [0.1, 0.15) is 0 Å². The second kappa shape index (κ2) is 6.23. The Labute approximate surface area is 119 Å². The highest BCUT2D eigenvalue weighted by molar-refractivity contribution is 7.88. The van der Waals surface area contributed by atoms with Crippen LogP contribution in [0, 0.1) is 0 Å². The number of aromatic amines is 1. The second-order valence-corrected chi connectivity index (χ2v) is 6.62. The van der Waals surface area contributed by atoms with E-state index in [2.05, 4.69) is 15.3 Å². The van der Waals surface area contributed by atoms with Crippen LogP contribution in [0.3, 0.4) is 0 Å². The lowest BCUT2D eigenvalue weighted by molar-refractivity contribution is 0.428. The van der Waals surface area contributed by atoms with Gasteiger partial charge in [-0.2, -0.15) is 0 Å². The predicted octanol–water partition coefficient (Wildman–Crippen LogP) is 1.65. The Bertz CT molecular complexity index is 633. The number of benzene rings is 1. The summed E-state index contributed by atoms with van der Waals surface area (Å²) < 4.78 is 24.3. The first-order valence-electron chi connectivity index (χ1n) is 6.64. The fourth-order valence-corrected chi connectivity index (χ4v) is 2.99. The average molecular weight is 296 g/mol. The largest absolute Gasteiger partial charge is 0.356 e. The molecule has 110 valence electrons. The Morgan fingerprint density at radius 3 is 2.75 bits per heavy atom. The lowest BCUT2D eigenvalue weighted by Gasteiger charge is -2.17. The minimum absolute atomic E-state index is 0.503. The number of rotatable bonds is 7. The Morgan fingerprint density at radius 1 is 1.35 bits per heavy atom. The van der Waals surface area contributed by atoms with E-state index in [4.69, 9.17) is 0 Å². The molecule has 0 saturated carbocycles. The molecule has 1 aromatic carbocycles. The maximum absolute atomic E-state index is 11.4. The van der Waals surface area contributed by atoms with Crippen LogP contribution in [-0.4, -0.2) is 48.6 Å². The van der Waals surface area contributed by atoms with E-state index in [-0.39, 0.29) is 0 Å². The van der Waals surface area contributed by atoms with Crippen molar-refractivity contribution in [3.05, 3.63) is 24.3 Å². The molecule has 20 heavy (non-hydrogen) atoms. The first kappa shape index (κ1) is 14.8. The van der Waals surface area contributed by atoms with Crippen LogP contribution in [0.1, 0.15) is 13.3 Å². The summed E-state index contributed by atoms with van der Waals surface area (Å²) in [5.74, 6) is 0.716. The molecule has 0 saturated heterocycles. The van der Waals surface area contributed by atoms with Gasteiger partial charge in [0, 0.05) is 19.6 Å². The zero-order chi connectivity index (χ0) is 14.6. The van der Waals surface area contributed by atoms with Crippen LogP contribution in [0.2, 0.25) is 0 Å². The molecule has 1 heterocycles. The average Bonchev–Trinajstić information content (AvgIpc) is 2.79. The molecule has 0 fully saturated rings.